The van der Waals surface area contributed by atoms with Crippen molar-refractivity contribution >= 4 is 0 Å². The average Bonchev–Trinajstić information content (AvgIpc) is 2.07. The fourth-order valence-corrected chi connectivity index (χ4v) is 1.06. The van der Waals surface area contributed by atoms with Crippen molar-refractivity contribution in [1.29, 1.82) is 0 Å². The standard InChI is InChI=1S/C9H8F4O/c10-4-3-6-5-7(9(11,12)13)1-2-8(6)14/h1-2,5,14H,3-4H2. The molecule has 1 N–H and O–H groups in total. The van der Waals surface area contributed by atoms with Crippen molar-refractivity contribution in [3.8, 4) is 5.75 Å². The molecule has 78 valence electrons. The Morgan fingerprint density at radius 3 is 2.36 bits per heavy atom. The van der Waals surface area contributed by atoms with Gasteiger partial charge >= 0.3 is 6.18 Å². The Balaban J connectivity index is 3.06. The summed E-state index contributed by atoms with van der Waals surface area (Å²) < 4.78 is 48.4. The first-order valence-corrected chi connectivity index (χ1v) is 3.90. The van der Waals surface area contributed by atoms with Crippen LogP contribution in [0.25, 0.3) is 0 Å². The van der Waals surface area contributed by atoms with Crippen molar-refractivity contribution in [2.75, 3.05) is 6.67 Å². The molecule has 0 saturated heterocycles. The molecular formula is C9H8F4O. The van der Waals surface area contributed by atoms with Gasteiger partial charge in [0.25, 0.3) is 0 Å². The Labute approximate surface area is 78.0 Å². The number of aromatic hydroxyl groups is 1. The lowest BCUT2D eigenvalue weighted by molar-refractivity contribution is -0.137. The van der Waals surface area contributed by atoms with Crippen LogP contribution in [0.3, 0.4) is 0 Å². The molecule has 0 heterocycles. The minimum absolute atomic E-state index is 0.0256. The van der Waals surface area contributed by atoms with Gasteiger partial charge in [0.15, 0.2) is 0 Å². The third kappa shape index (κ3) is 2.37. The molecule has 0 aliphatic carbocycles. The number of phenolic OH excluding ortho intramolecular Hbond substituents is 1. The predicted octanol–water partition coefficient (Wildman–Crippen LogP) is 2.92. The van der Waals surface area contributed by atoms with Gasteiger partial charge in [0.2, 0.25) is 0 Å². The lowest BCUT2D eigenvalue weighted by Gasteiger charge is -2.09. The Hall–Kier alpha value is -1.26. The quantitative estimate of drug-likeness (QED) is 0.741. The molecule has 0 spiro atoms. The second kappa shape index (κ2) is 3.86. The van der Waals surface area contributed by atoms with Crippen LogP contribution in [0.5, 0.6) is 5.75 Å². The summed E-state index contributed by atoms with van der Waals surface area (Å²) in [7, 11) is 0. The van der Waals surface area contributed by atoms with E-state index in [0.29, 0.717) is 0 Å². The van der Waals surface area contributed by atoms with Crippen molar-refractivity contribution in [3.63, 3.8) is 0 Å². The molecule has 0 amide bonds. The molecule has 14 heavy (non-hydrogen) atoms. The van der Waals surface area contributed by atoms with E-state index in [0.717, 1.165) is 18.2 Å². The van der Waals surface area contributed by atoms with Crippen LogP contribution in [0.4, 0.5) is 17.6 Å². The predicted molar refractivity (Wildman–Crippen MR) is 42.8 cm³/mol. The number of phenols is 1. The molecule has 5 heteroatoms. The first-order chi connectivity index (χ1) is 6.45. The SMILES string of the molecule is Oc1ccc(C(F)(F)F)cc1CCF. The molecule has 1 nitrogen and oxygen atoms in total. The van der Waals surface area contributed by atoms with Gasteiger partial charge in [-0.3, -0.25) is 4.39 Å². The largest absolute Gasteiger partial charge is 0.508 e. The lowest BCUT2D eigenvalue weighted by atomic mass is 10.1. The maximum absolute atomic E-state index is 12.2. The second-order valence-corrected chi connectivity index (χ2v) is 2.78. The molecule has 0 aliphatic heterocycles. The van der Waals surface area contributed by atoms with Gasteiger partial charge in [0.05, 0.1) is 12.2 Å². The van der Waals surface area contributed by atoms with Crippen LogP contribution in [0.15, 0.2) is 18.2 Å². The van der Waals surface area contributed by atoms with E-state index in [-0.39, 0.29) is 17.7 Å². The minimum atomic E-state index is -4.46. The van der Waals surface area contributed by atoms with E-state index in [4.69, 9.17) is 5.11 Å². The highest BCUT2D eigenvalue weighted by Gasteiger charge is 2.30. The average molecular weight is 208 g/mol. The van der Waals surface area contributed by atoms with E-state index in [1.165, 1.54) is 0 Å². The molecule has 0 fully saturated rings. The van der Waals surface area contributed by atoms with E-state index in [2.05, 4.69) is 0 Å². The van der Waals surface area contributed by atoms with Crippen LogP contribution < -0.4 is 0 Å². The monoisotopic (exact) mass is 208 g/mol. The summed E-state index contributed by atoms with van der Waals surface area (Å²) in [6, 6.07) is 2.44. The zero-order valence-electron chi connectivity index (χ0n) is 7.11. The lowest BCUT2D eigenvalue weighted by Crippen LogP contribution is -2.05. The number of hydrogen-bond acceptors (Lipinski definition) is 1. The summed E-state index contributed by atoms with van der Waals surface area (Å²) in [5.74, 6) is -0.310. The van der Waals surface area contributed by atoms with Gasteiger partial charge in [-0.2, -0.15) is 13.2 Å². The second-order valence-electron chi connectivity index (χ2n) is 2.78. The summed E-state index contributed by atoms with van der Waals surface area (Å²) in [5.41, 5.74) is -0.902. The van der Waals surface area contributed by atoms with Crippen molar-refractivity contribution in [1.82, 2.24) is 0 Å². The molecule has 0 atom stereocenters. The minimum Gasteiger partial charge on any atom is -0.508 e. The van der Waals surface area contributed by atoms with Gasteiger partial charge < -0.3 is 5.11 Å². The normalized spacial score (nSPS) is 11.7. The number of benzene rings is 1. The van der Waals surface area contributed by atoms with Gasteiger partial charge in [-0.15, -0.1) is 0 Å². The zero-order chi connectivity index (χ0) is 10.8. The zero-order valence-corrected chi connectivity index (χ0v) is 7.11. The van der Waals surface area contributed by atoms with Gasteiger partial charge in [-0.1, -0.05) is 0 Å². The van der Waals surface area contributed by atoms with Crippen LogP contribution in [0, 0.1) is 0 Å². The highest BCUT2D eigenvalue weighted by molar-refractivity contribution is 5.37. The fraction of sp³-hybridized carbons (Fsp3) is 0.333. The van der Waals surface area contributed by atoms with E-state index in [1.54, 1.807) is 0 Å². The first-order valence-electron chi connectivity index (χ1n) is 3.90. The van der Waals surface area contributed by atoms with Crippen molar-refractivity contribution in [2.45, 2.75) is 12.6 Å². The van der Waals surface area contributed by atoms with Crippen molar-refractivity contribution < 1.29 is 22.7 Å². The van der Waals surface area contributed by atoms with Gasteiger partial charge in [0, 0.05) is 6.42 Å². The van der Waals surface area contributed by atoms with E-state index in [9.17, 15) is 17.6 Å². The Bertz CT molecular complexity index is 319. The van der Waals surface area contributed by atoms with Gasteiger partial charge in [0.1, 0.15) is 5.75 Å². The molecule has 0 bridgehead atoms. The highest BCUT2D eigenvalue weighted by atomic mass is 19.4. The van der Waals surface area contributed by atoms with Crippen LogP contribution in [-0.4, -0.2) is 11.8 Å². The maximum Gasteiger partial charge on any atom is 0.416 e. The van der Waals surface area contributed by atoms with Crippen LogP contribution in [-0.2, 0) is 12.6 Å². The Morgan fingerprint density at radius 1 is 1.21 bits per heavy atom. The van der Waals surface area contributed by atoms with Crippen LogP contribution >= 0.6 is 0 Å². The molecule has 0 aliphatic rings. The summed E-state index contributed by atoms with van der Waals surface area (Å²) in [4.78, 5) is 0. The first kappa shape index (κ1) is 10.8. The van der Waals surface area contributed by atoms with Gasteiger partial charge in [-0.25, -0.2) is 0 Å². The van der Waals surface area contributed by atoms with Crippen LogP contribution in [0.2, 0.25) is 0 Å². The smallest absolute Gasteiger partial charge is 0.416 e. The number of rotatable bonds is 2. The number of halogens is 4. The van der Waals surface area contributed by atoms with Crippen molar-refractivity contribution in [3.05, 3.63) is 29.3 Å². The highest BCUT2D eigenvalue weighted by Crippen LogP contribution is 2.32. The molecule has 0 radical (unpaired) electrons. The number of alkyl halides is 4. The maximum atomic E-state index is 12.2. The van der Waals surface area contributed by atoms with E-state index < -0.39 is 18.4 Å². The van der Waals surface area contributed by atoms with Crippen molar-refractivity contribution in [2.24, 2.45) is 0 Å². The summed E-state index contributed by atoms with van der Waals surface area (Å²) >= 11 is 0. The Kier molecular flexibility index (Phi) is 2.98. The summed E-state index contributed by atoms with van der Waals surface area (Å²) in [6.07, 6.45) is -4.67. The summed E-state index contributed by atoms with van der Waals surface area (Å²) in [5, 5.41) is 9.10. The van der Waals surface area contributed by atoms with Crippen LogP contribution in [0.1, 0.15) is 11.1 Å². The number of aryl methyl sites for hydroxylation is 1. The molecule has 0 saturated carbocycles. The van der Waals surface area contributed by atoms with E-state index in [1.807, 2.05) is 0 Å². The number of hydrogen-bond donors (Lipinski definition) is 1. The van der Waals surface area contributed by atoms with Gasteiger partial charge in [-0.05, 0) is 23.8 Å². The molecule has 1 aromatic carbocycles. The molecule has 1 aromatic rings. The molecule has 0 unspecified atom stereocenters. The molecular weight excluding hydrogens is 200 g/mol. The fourth-order valence-electron chi connectivity index (χ4n) is 1.06. The molecule has 1 rings (SSSR count). The third-order valence-corrected chi connectivity index (χ3v) is 1.77. The Morgan fingerprint density at radius 2 is 1.86 bits per heavy atom. The summed E-state index contributed by atoms with van der Waals surface area (Å²) in [6.45, 7) is -0.797. The molecule has 0 aromatic heterocycles. The topological polar surface area (TPSA) is 20.2 Å². The van der Waals surface area contributed by atoms with E-state index >= 15 is 0 Å². The third-order valence-electron chi connectivity index (χ3n) is 1.77.